The highest BCUT2D eigenvalue weighted by atomic mass is 79.9. The Morgan fingerprint density at radius 1 is 1.62 bits per heavy atom. The number of nitrogens with zero attached hydrogens (tertiary/aromatic N) is 1. The highest BCUT2D eigenvalue weighted by Crippen LogP contribution is 2.23. The van der Waals surface area contributed by atoms with Crippen LogP contribution in [0.4, 0.5) is 0 Å². The van der Waals surface area contributed by atoms with Gasteiger partial charge in [-0.05, 0) is 28.1 Å². The Labute approximate surface area is 85.2 Å². The molecule has 0 saturated carbocycles. The lowest BCUT2D eigenvalue weighted by Gasteiger charge is -2.11. The summed E-state index contributed by atoms with van der Waals surface area (Å²) in [6, 6.07) is 3.78. The number of halogens is 1. The fourth-order valence-electron chi connectivity index (χ4n) is 1.22. The van der Waals surface area contributed by atoms with Crippen molar-refractivity contribution in [3.8, 4) is 5.88 Å². The van der Waals surface area contributed by atoms with E-state index < -0.39 is 0 Å². The summed E-state index contributed by atoms with van der Waals surface area (Å²) in [4.78, 5) is 4.12. The number of hydrogen-bond acceptors (Lipinski definition) is 3. The molecule has 0 unspecified atom stereocenters. The molecule has 0 amide bonds. The van der Waals surface area contributed by atoms with Crippen molar-refractivity contribution in [1.29, 1.82) is 0 Å². The van der Waals surface area contributed by atoms with Crippen molar-refractivity contribution in [2.45, 2.75) is 12.5 Å². The van der Waals surface area contributed by atoms with Crippen LogP contribution in [-0.4, -0.2) is 24.3 Å². The van der Waals surface area contributed by atoms with Crippen LogP contribution in [0.15, 0.2) is 22.8 Å². The second-order valence-corrected chi connectivity index (χ2v) is 3.75. The van der Waals surface area contributed by atoms with Crippen molar-refractivity contribution in [3.63, 3.8) is 0 Å². The number of aromatic nitrogens is 1. The third-order valence-corrected chi connectivity index (χ3v) is 2.49. The third kappa shape index (κ3) is 2.19. The number of rotatable bonds is 2. The van der Waals surface area contributed by atoms with Crippen LogP contribution in [0.5, 0.6) is 5.88 Å². The van der Waals surface area contributed by atoms with Gasteiger partial charge >= 0.3 is 0 Å². The van der Waals surface area contributed by atoms with Gasteiger partial charge in [-0.2, -0.15) is 0 Å². The number of hydrogen-bond donors (Lipinski definition) is 0. The summed E-state index contributed by atoms with van der Waals surface area (Å²) in [7, 11) is 0. The number of pyridine rings is 1. The largest absolute Gasteiger partial charge is 0.471 e. The lowest BCUT2D eigenvalue weighted by molar-refractivity contribution is 0.137. The van der Waals surface area contributed by atoms with Gasteiger partial charge < -0.3 is 9.47 Å². The zero-order valence-electron chi connectivity index (χ0n) is 7.07. The first kappa shape index (κ1) is 8.97. The smallest absolute Gasteiger partial charge is 0.228 e. The van der Waals surface area contributed by atoms with E-state index in [1.807, 2.05) is 12.1 Å². The maximum absolute atomic E-state index is 5.62. The zero-order chi connectivity index (χ0) is 9.10. The minimum Gasteiger partial charge on any atom is -0.471 e. The monoisotopic (exact) mass is 243 g/mol. The Kier molecular flexibility index (Phi) is 2.80. The van der Waals surface area contributed by atoms with Crippen molar-refractivity contribution in [3.05, 3.63) is 22.8 Å². The summed E-state index contributed by atoms with van der Waals surface area (Å²) in [5.41, 5.74) is 0. The molecule has 2 heterocycles. The maximum atomic E-state index is 5.62. The molecule has 0 aromatic carbocycles. The van der Waals surface area contributed by atoms with Crippen LogP contribution in [0.2, 0.25) is 0 Å². The first-order chi connectivity index (χ1) is 6.36. The molecule has 2 rings (SSSR count). The van der Waals surface area contributed by atoms with Crippen LogP contribution in [0, 0.1) is 0 Å². The molecule has 70 valence electrons. The molecule has 0 bridgehead atoms. The Hall–Kier alpha value is -0.610. The van der Waals surface area contributed by atoms with Crippen LogP contribution in [0.1, 0.15) is 6.42 Å². The van der Waals surface area contributed by atoms with E-state index in [2.05, 4.69) is 20.9 Å². The van der Waals surface area contributed by atoms with Crippen LogP contribution in [-0.2, 0) is 4.74 Å². The number of ether oxygens (including phenoxy) is 2. The predicted octanol–water partition coefficient (Wildman–Crippen LogP) is 2.01. The predicted molar refractivity (Wildman–Crippen MR) is 51.8 cm³/mol. The highest BCUT2D eigenvalue weighted by molar-refractivity contribution is 9.10. The molecule has 1 fully saturated rings. The van der Waals surface area contributed by atoms with Crippen molar-refractivity contribution in [2.24, 2.45) is 0 Å². The van der Waals surface area contributed by atoms with Gasteiger partial charge in [-0.3, -0.25) is 0 Å². The summed E-state index contributed by atoms with van der Waals surface area (Å²) >= 11 is 3.38. The molecule has 0 N–H and O–H groups in total. The fraction of sp³-hybridized carbons (Fsp3) is 0.444. The maximum Gasteiger partial charge on any atom is 0.228 e. The van der Waals surface area contributed by atoms with Crippen molar-refractivity contribution in [1.82, 2.24) is 4.98 Å². The first-order valence-corrected chi connectivity index (χ1v) is 5.00. The van der Waals surface area contributed by atoms with E-state index in [4.69, 9.17) is 9.47 Å². The lowest BCUT2D eigenvalue weighted by Crippen LogP contribution is -2.16. The van der Waals surface area contributed by atoms with E-state index >= 15 is 0 Å². The molecule has 1 aliphatic heterocycles. The van der Waals surface area contributed by atoms with Crippen LogP contribution < -0.4 is 4.74 Å². The minimum atomic E-state index is 0.159. The molecule has 1 saturated heterocycles. The van der Waals surface area contributed by atoms with Gasteiger partial charge in [0.25, 0.3) is 0 Å². The van der Waals surface area contributed by atoms with E-state index in [-0.39, 0.29) is 6.10 Å². The van der Waals surface area contributed by atoms with Crippen molar-refractivity contribution in [2.75, 3.05) is 13.2 Å². The minimum absolute atomic E-state index is 0.159. The first-order valence-electron chi connectivity index (χ1n) is 4.21. The van der Waals surface area contributed by atoms with Gasteiger partial charge in [-0.1, -0.05) is 0 Å². The average Bonchev–Trinajstić information content (AvgIpc) is 2.61. The van der Waals surface area contributed by atoms with Gasteiger partial charge in [-0.15, -0.1) is 0 Å². The molecule has 13 heavy (non-hydrogen) atoms. The van der Waals surface area contributed by atoms with E-state index in [1.165, 1.54) is 0 Å². The SMILES string of the molecule is Brc1cccnc1O[C@@H]1CCOC1. The Morgan fingerprint density at radius 3 is 3.23 bits per heavy atom. The van der Waals surface area contributed by atoms with Crippen LogP contribution in [0.3, 0.4) is 0 Å². The highest BCUT2D eigenvalue weighted by Gasteiger charge is 2.18. The molecule has 0 spiro atoms. The molecule has 1 aromatic heterocycles. The fourth-order valence-corrected chi connectivity index (χ4v) is 1.57. The van der Waals surface area contributed by atoms with E-state index in [1.54, 1.807) is 6.20 Å². The third-order valence-electron chi connectivity index (χ3n) is 1.89. The Balaban J connectivity index is 2.04. The molecule has 4 heteroatoms. The van der Waals surface area contributed by atoms with Gasteiger partial charge in [0.15, 0.2) is 0 Å². The van der Waals surface area contributed by atoms with Gasteiger partial charge in [0.2, 0.25) is 5.88 Å². The molecule has 0 radical (unpaired) electrons. The Bertz CT molecular complexity index is 287. The normalized spacial score (nSPS) is 21.8. The Morgan fingerprint density at radius 2 is 2.54 bits per heavy atom. The summed E-state index contributed by atoms with van der Waals surface area (Å²) < 4.78 is 11.7. The summed E-state index contributed by atoms with van der Waals surface area (Å²) in [5.74, 6) is 0.651. The molecule has 0 aliphatic carbocycles. The van der Waals surface area contributed by atoms with Gasteiger partial charge in [-0.25, -0.2) is 4.98 Å². The van der Waals surface area contributed by atoms with Gasteiger partial charge in [0.05, 0.1) is 17.7 Å². The van der Waals surface area contributed by atoms with Gasteiger partial charge in [0, 0.05) is 12.6 Å². The molecular formula is C9H10BrNO2. The standard InChI is InChI=1S/C9H10BrNO2/c10-8-2-1-4-11-9(8)13-7-3-5-12-6-7/h1-2,4,7H,3,5-6H2/t7-/m1/s1. The van der Waals surface area contributed by atoms with Crippen molar-refractivity contribution < 1.29 is 9.47 Å². The lowest BCUT2D eigenvalue weighted by atomic mass is 10.3. The van der Waals surface area contributed by atoms with Crippen LogP contribution >= 0.6 is 15.9 Å². The van der Waals surface area contributed by atoms with Crippen LogP contribution in [0.25, 0.3) is 0 Å². The van der Waals surface area contributed by atoms with E-state index in [0.29, 0.717) is 12.5 Å². The quantitative estimate of drug-likeness (QED) is 0.797. The molecule has 1 aliphatic rings. The summed E-state index contributed by atoms with van der Waals surface area (Å²) in [6.07, 6.45) is 2.82. The summed E-state index contributed by atoms with van der Waals surface area (Å²) in [5, 5.41) is 0. The van der Waals surface area contributed by atoms with Crippen molar-refractivity contribution >= 4 is 15.9 Å². The van der Waals surface area contributed by atoms with E-state index in [9.17, 15) is 0 Å². The molecule has 3 nitrogen and oxygen atoms in total. The second kappa shape index (κ2) is 4.07. The molecular weight excluding hydrogens is 234 g/mol. The second-order valence-electron chi connectivity index (χ2n) is 2.89. The molecule has 1 atom stereocenters. The summed E-state index contributed by atoms with van der Waals surface area (Å²) in [6.45, 7) is 1.46. The van der Waals surface area contributed by atoms with E-state index in [0.717, 1.165) is 17.5 Å². The van der Waals surface area contributed by atoms with Gasteiger partial charge in [0.1, 0.15) is 6.10 Å². The zero-order valence-corrected chi connectivity index (χ0v) is 8.66. The molecule has 1 aromatic rings. The average molecular weight is 244 g/mol. The topological polar surface area (TPSA) is 31.4 Å².